The normalized spacial score (nSPS) is 12.3. The first-order valence-electron chi connectivity index (χ1n) is 7.41. The Balaban J connectivity index is 2.65. The Morgan fingerprint density at radius 1 is 0.733 bits per heavy atom. The van der Waals surface area contributed by atoms with Crippen molar-refractivity contribution in [1.29, 1.82) is 0 Å². The molecular weight excluding hydrogens is 452 g/mol. The molecule has 0 aliphatic heterocycles. The van der Waals surface area contributed by atoms with E-state index in [9.17, 15) is 56.3 Å². The molecule has 3 rings (SSSR count). The first-order chi connectivity index (χ1) is 13.7. The van der Waals surface area contributed by atoms with E-state index in [0.29, 0.717) is 0 Å². The van der Waals surface area contributed by atoms with Gasteiger partial charge in [0, 0.05) is 5.56 Å². The SMILES string of the molecule is O=c1c(O)c(-c2ccc(O)c(O)c2)oc2c(S(=O)(=O)O)c(O)c(S(=O)(=O)O)c(O)c12. The summed E-state index contributed by atoms with van der Waals surface area (Å²) in [5, 5.41) is 47.8. The second-order valence-electron chi connectivity index (χ2n) is 5.82. The minimum absolute atomic E-state index is 0.305. The summed E-state index contributed by atoms with van der Waals surface area (Å²) in [5.74, 6) is -7.02. The average molecular weight is 462 g/mol. The Hall–Kier alpha value is -3.53. The van der Waals surface area contributed by atoms with E-state index in [4.69, 9.17) is 4.42 Å². The lowest BCUT2D eigenvalue weighted by molar-refractivity contribution is 0.395. The van der Waals surface area contributed by atoms with Gasteiger partial charge in [0.1, 0.15) is 5.39 Å². The lowest BCUT2D eigenvalue weighted by Crippen LogP contribution is -2.11. The van der Waals surface area contributed by atoms with Crippen molar-refractivity contribution in [2.24, 2.45) is 0 Å². The molecule has 0 saturated heterocycles. The largest absolute Gasteiger partial charge is 0.505 e. The van der Waals surface area contributed by atoms with Gasteiger partial charge >= 0.3 is 20.2 Å². The Kier molecular flexibility index (Phi) is 4.58. The first kappa shape index (κ1) is 21.2. The predicted molar refractivity (Wildman–Crippen MR) is 95.9 cm³/mol. The van der Waals surface area contributed by atoms with Crippen molar-refractivity contribution in [1.82, 2.24) is 0 Å². The molecule has 0 aliphatic carbocycles. The van der Waals surface area contributed by atoms with E-state index in [-0.39, 0.29) is 5.56 Å². The maximum Gasteiger partial charge on any atom is 0.302 e. The summed E-state index contributed by atoms with van der Waals surface area (Å²) in [6, 6.07) is 2.71. The minimum Gasteiger partial charge on any atom is -0.505 e. The molecule has 3 aromatic rings. The number of benzene rings is 2. The standard InChI is InChI=1S/C15H10O13S2/c16-5-2-1-4(3-6(5)17)12-10(20)8(18)7-9(19)14(29(22,23)24)11(21)15(13(7)28-12)30(25,26)27/h1-3,16-17,19-21H,(H,22,23,24)(H,25,26,27). The number of hydrogen-bond donors (Lipinski definition) is 7. The van der Waals surface area contributed by atoms with E-state index < -0.39 is 80.9 Å². The van der Waals surface area contributed by atoms with Crippen LogP contribution in [0.1, 0.15) is 0 Å². The van der Waals surface area contributed by atoms with Gasteiger partial charge < -0.3 is 29.9 Å². The number of rotatable bonds is 3. The molecule has 0 unspecified atom stereocenters. The summed E-state index contributed by atoms with van der Waals surface area (Å²) in [6.45, 7) is 0. The van der Waals surface area contributed by atoms with Gasteiger partial charge in [-0.1, -0.05) is 0 Å². The number of aromatic hydroxyl groups is 5. The maximum atomic E-state index is 12.5. The van der Waals surface area contributed by atoms with Crippen molar-refractivity contribution in [2.45, 2.75) is 9.79 Å². The van der Waals surface area contributed by atoms with Gasteiger partial charge in [-0.3, -0.25) is 13.9 Å². The van der Waals surface area contributed by atoms with Crippen molar-refractivity contribution in [3.05, 3.63) is 28.4 Å². The molecule has 0 spiro atoms. The zero-order chi connectivity index (χ0) is 22.8. The van der Waals surface area contributed by atoms with E-state index in [2.05, 4.69) is 0 Å². The molecule has 160 valence electrons. The van der Waals surface area contributed by atoms with Gasteiger partial charge in [0.2, 0.25) is 11.2 Å². The van der Waals surface area contributed by atoms with Crippen molar-refractivity contribution >= 4 is 31.2 Å². The van der Waals surface area contributed by atoms with Crippen LogP contribution in [0, 0.1) is 0 Å². The number of fused-ring (bicyclic) bond motifs is 1. The fourth-order valence-electron chi connectivity index (χ4n) is 2.68. The summed E-state index contributed by atoms with van der Waals surface area (Å²) >= 11 is 0. The molecule has 1 heterocycles. The molecule has 13 nitrogen and oxygen atoms in total. The van der Waals surface area contributed by atoms with Crippen LogP contribution in [0.5, 0.6) is 28.7 Å². The van der Waals surface area contributed by atoms with Gasteiger partial charge in [-0.25, -0.2) is 0 Å². The van der Waals surface area contributed by atoms with E-state index >= 15 is 0 Å². The molecule has 0 amide bonds. The van der Waals surface area contributed by atoms with Gasteiger partial charge in [-0.2, -0.15) is 16.8 Å². The Bertz CT molecular complexity index is 1500. The lowest BCUT2D eigenvalue weighted by atomic mass is 10.1. The van der Waals surface area contributed by atoms with Gasteiger partial charge in [0.15, 0.2) is 44.1 Å². The molecule has 0 fully saturated rings. The molecule has 0 atom stereocenters. The van der Waals surface area contributed by atoms with E-state index in [1.807, 2.05) is 0 Å². The van der Waals surface area contributed by atoms with Crippen LogP contribution in [0.2, 0.25) is 0 Å². The van der Waals surface area contributed by atoms with Crippen molar-refractivity contribution < 1.29 is 55.9 Å². The van der Waals surface area contributed by atoms with Gasteiger partial charge in [-0.15, -0.1) is 0 Å². The van der Waals surface area contributed by atoms with Crippen molar-refractivity contribution in [3.63, 3.8) is 0 Å². The second kappa shape index (κ2) is 6.49. The quantitative estimate of drug-likeness (QED) is 0.207. The fraction of sp³-hybridized carbons (Fsp3) is 0. The van der Waals surface area contributed by atoms with Crippen LogP contribution in [-0.2, 0) is 20.2 Å². The predicted octanol–water partition coefficient (Wildman–Crippen LogP) is 0.481. The Labute approximate surface area is 165 Å². The molecule has 0 radical (unpaired) electrons. The smallest absolute Gasteiger partial charge is 0.302 e. The van der Waals surface area contributed by atoms with Crippen LogP contribution >= 0.6 is 0 Å². The van der Waals surface area contributed by atoms with E-state index in [0.717, 1.165) is 18.2 Å². The van der Waals surface area contributed by atoms with Crippen LogP contribution in [0.3, 0.4) is 0 Å². The number of phenols is 4. The van der Waals surface area contributed by atoms with Gasteiger partial charge in [0.25, 0.3) is 0 Å². The first-order valence-corrected chi connectivity index (χ1v) is 10.3. The fourth-order valence-corrected chi connectivity index (χ4v) is 4.16. The number of hydrogen-bond acceptors (Lipinski definition) is 11. The Morgan fingerprint density at radius 3 is 1.80 bits per heavy atom. The second-order valence-corrected chi connectivity index (χ2v) is 8.54. The summed E-state index contributed by atoms with van der Waals surface area (Å²) in [6.07, 6.45) is 0. The molecular formula is C15H10O13S2. The molecule has 7 N–H and O–H groups in total. The average Bonchev–Trinajstić information content (AvgIpc) is 2.57. The van der Waals surface area contributed by atoms with E-state index in [1.54, 1.807) is 0 Å². The van der Waals surface area contributed by atoms with Crippen LogP contribution in [0.4, 0.5) is 0 Å². The Morgan fingerprint density at radius 2 is 1.30 bits per heavy atom. The van der Waals surface area contributed by atoms with Crippen molar-refractivity contribution in [3.8, 4) is 40.1 Å². The van der Waals surface area contributed by atoms with Crippen LogP contribution in [0.15, 0.2) is 37.2 Å². The summed E-state index contributed by atoms with van der Waals surface area (Å²) in [5.41, 5.74) is -3.20. The zero-order valence-electron chi connectivity index (χ0n) is 14.1. The summed E-state index contributed by atoms with van der Waals surface area (Å²) in [7, 11) is -11.1. The van der Waals surface area contributed by atoms with E-state index in [1.165, 1.54) is 0 Å². The van der Waals surface area contributed by atoms with Crippen LogP contribution in [-0.4, -0.2) is 51.5 Å². The third-order valence-electron chi connectivity index (χ3n) is 3.93. The highest BCUT2D eigenvalue weighted by Crippen LogP contribution is 2.46. The lowest BCUT2D eigenvalue weighted by Gasteiger charge is -2.13. The van der Waals surface area contributed by atoms with Gasteiger partial charge in [-0.05, 0) is 18.2 Å². The maximum absolute atomic E-state index is 12.5. The number of phenolic OH excluding ortho intramolecular Hbond substituents is 4. The molecule has 0 saturated carbocycles. The highest BCUT2D eigenvalue weighted by Gasteiger charge is 2.36. The third kappa shape index (κ3) is 3.14. The summed E-state index contributed by atoms with van der Waals surface area (Å²) in [4.78, 5) is 9.01. The topological polar surface area (TPSA) is 240 Å². The molecule has 30 heavy (non-hydrogen) atoms. The van der Waals surface area contributed by atoms with Crippen LogP contribution in [0.25, 0.3) is 22.3 Å². The molecule has 2 aromatic carbocycles. The summed E-state index contributed by atoms with van der Waals surface area (Å²) < 4.78 is 70.1. The minimum atomic E-state index is -5.54. The van der Waals surface area contributed by atoms with Gasteiger partial charge in [0.05, 0.1) is 0 Å². The monoisotopic (exact) mass is 462 g/mol. The molecule has 15 heteroatoms. The molecule has 0 bridgehead atoms. The zero-order valence-corrected chi connectivity index (χ0v) is 15.8. The van der Waals surface area contributed by atoms with Crippen LogP contribution < -0.4 is 5.43 Å². The molecule has 1 aromatic heterocycles. The highest BCUT2D eigenvalue weighted by molar-refractivity contribution is 7.87. The van der Waals surface area contributed by atoms with Crippen molar-refractivity contribution in [2.75, 3.05) is 0 Å². The highest BCUT2D eigenvalue weighted by atomic mass is 32.2. The molecule has 0 aliphatic rings. The third-order valence-corrected chi connectivity index (χ3v) is 5.73.